The summed E-state index contributed by atoms with van der Waals surface area (Å²) in [5.74, 6) is -0.0621. The lowest BCUT2D eigenvalue weighted by Crippen LogP contribution is -2.39. The first-order valence-corrected chi connectivity index (χ1v) is 9.74. The first-order valence-electron chi connectivity index (χ1n) is 8.92. The predicted molar refractivity (Wildman–Crippen MR) is 114 cm³/mol. The molecule has 0 bridgehead atoms. The fraction of sp³-hybridized carbons (Fsp3) is 0.421. The van der Waals surface area contributed by atoms with Crippen LogP contribution in [0.3, 0.4) is 0 Å². The van der Waals surface area contributed by atoms with Crippen LogP contribution in [0.1, 0.15) is 29.9 Å². The number of likely N-dealkylation sites (N-methyl/N-ethyl adjacent to an activating group) is 1. The van der Waals surface area contributed by atoms with Gasteiger partial charge in [0, 0.05) is 26.3 Å². The van der Waals surface area contributed by atoms with Gasteiger partial charge in [0.2, 0.25) is 0 Å². The molecular weight excluding hydrogens is 382 g/mol. The van der Waals surface area contributed by atoms with Crippen LogP contribution in [0.5, 0.6) is 0 Å². The predicted octanol–water partition coefficient (Wildman–Crippen LogP) is 3.75. The molecule has 0 spiro atoms. The lowest BCUT2D eigenvalue weighted by molar-refractivity contribution is 0.0974. The zero-order valence-corrected chi connectivity index (χ0v) is 17.8. The largest absolute Gasteiger partial charge is 0.302 e. The summed E-state index contributed by atoms with van der Waals surface area (Å²) in [4.78, 5) is 22.0. The zero-order chi connectivity index (χ0) is 18.7. The van der Waals surface area contributed by atoms with Crippen LogP contribution in [0, 0.1) is 6.92 Å². The van der Waals surface area contributed by atoms with Crippen molar-refractivity contribution in [1.29, 1.82) is 0 Å². The van der Waals surface area contributed by atoms with Crippen LogP contribution in [-0.4, -0.2) is 51.8 Å². The van der Waals surface area contributed by atoms with Gasteiger partial charge in [0.1, 0.15) is 5.69 Å². The van der Waals surface area contributed by atoms with Gasteiger partial charge in [-0.1, -0.05) is 31.3 Å². The molecule has 0 radical (unpaired) electrons. The van der Waals surface area contributed by atoms with Crippen LogP contribution >= 0.6 is 23.7 Å². The Morgan fingerprint density at radius 2 is 1.93 bits per heavy atom. The molecule has 3 aromatic rings. The highest BCUT2D eigenvalue weighted by Crippen LogP contribution is 2.30. The van der Waals surface area contributed by atoms with Gasteiger partial charge in [0.05, 0.1) is 10.2 Å². The van der Waals surface area contributed by atoms with Crippen molar-refractivity contribution < 1.29 is 4.79 Å². The van der Waals surface area contributed by atoms with Gasteiger partial charge in [-0.2, -0.15) is 5.10 Å². The van der Waals surface area contributed by atoms with Crippen LogP contribution in [0.4, 0.5) is 5.13 Å². The fourth-order valence-corrected chi connectivity index (χ4v) is 4.01. The van der Waals surface area contributed by atoms with Gasteiger partial charge in [-0.3, -0.25) is 14.4 Å². The zero-order valence-electron chi connectivity index (χ0n) is 16.2. The van der Waals surface area contributed by atoms with Crippen molar-refractivity contribution in [2.24, 2.45) is 7.05 Å². The van der Waals surface area contributed by atoms with E-state index in [4.69, 9.17) is 4.98 Å². The number of fused-ring (bicyclic) bond motifs is 1. The molecule has 0 fully saturated rings. The van der Waals surface area contributed by atoms with Crippen molar-refractivity contribution in [1.82, 2.24) is 19.7 Å². The average molecular weight is 408 g/mol. The van der Waals surface area contributed by atoms with Crippen LogP contribution in [-0.2, 0) is 7.05 Å². The Labute approximate surface area is 170 Å². The number of thiazole rings is 1. The van der Waals surface area contributed by atoms with E-state index in [-0.39, 0.29) is 18.3 Å². The molecule has 6 nitrogen and oxygen atoms in total. The van der Waals surface area contributed by atoms with Gasteiger partial charge in [-0.25, -0.2) is 4.98 Å². The molecule has 8 heteroatoms. The average Bonchev–Trinajstić information content (AvgIpc) is 3.23. The fourth-order valence-electron chi connectivity index (χ4n) is 2.92. The van der Waals surface area contributed by atoms with Gasteiger partial charge in [-0.15, -0.1) is 12.4 Å². The first kappa shape index (κ1) is 21.3. The number of benzene rings is 1. The van der Waals surface area contributed by atoms with Crippen molar-refractivity contribution in [3.8, 4) is 0 Å². The Morgan fingerprint density at radius 3 is 2.56 bits per heavy atom. The minimum Gasteiger partial charge on any atom is -0.302 e. The second-order valence-corrected chi connectivity index (χ2v) is 7.30. The summed E-state index contributed by atoms with van der Waals surface area (Å²) in [5.41, 5.74) is 2.70. The summed E-state index contributed by atoms with van der Waals surface area (Å²) >= 11 is 1.56. The van der Waals surface area contributed by atoms with Crippen molar-refractivity contribution in [2.75, 3.05) is 31.1 Å². The number of anilines is 1. The summed E-state index contributed by atoms with van der Waals surface area (Å²) in [5, 5.41) is 4.88. The van der Waals surface area contributed by atoms with Gasteiger partial charge in [0.25, 0.3) is 5.91 Å². The van der Waals surface area contributed by atoms with E-state index in [0.717, 1.165) is 35.0 Å². The van der Waals surface area contributed by atoms with Crippen molar-refractivity contribution >= 4 is 45.0 Å². The maximum Gasteiger partial charge on any atom is 0.278 e. The Kier molecular flexibility index (Phi) is 7.35. The van der Waals surface area contributed by atoms with E-state index in [9.17, 15) is 4.79 Å². The number of aromatic nitrogens is 3. The van der Waals surface area contributed by atoms with Crippen LogP contribution in [0.15, 0.2) is 30.5 Å². The van der Waals surface area contributed by atoms with E-state index in [1.54, 1.807) is 40.2 Å². The first-order chi connectivity index (χ1) is 12.5. The Morgan fingerprint density at radius 1 is 1.19 bits per heavy atom. The molecule has 3 rings (SSSR count). The Balaban J connectivity index is 0.00000261. The molecule has 27 heavy (non-hydrogen) atoms. The number of halogens is 1. The molecule has 1 amide bonds. The number of rotatable bonds is 7. The second-order valence-electron chi connectivity index (χ2n) is 6.29. The van der Waals surface area contributed by atoms with Crippen molar-refractivity contribution in [2.45, 2.75) is 20.8 Å². The second kappa shape index (κ2) is 9.30. The molecule has 0 aliphatic carbocycles. The van der Waals surface area contributed by atoms with Crippen LogP contribution in [0.2, 0.25) is 0 Å². The number of carbonyl (C=O) groups excluding carboxylic acids is 1. The van der Waals surface area contributed by atoms with E-state index in [1.165, 1.54) is 5.56 Å². The third kappa shape index (κ3) is 4.66. The lowest BCUT2D eigenvalue weighted by Gasteiger charge is -2.24. The standard InChI is InChI=1S/C19H25N5OS.ClH/c1-5-23(6-2)11-12-24(18(25)16-9-10-20-22(16)4)19-21-15-8-7-14(3)13-17(15)26-19;/h7-10,13H,5-6,11-12H2,1-4H3;1H. The number of aryl methyl sites for hydroxylation is 2. The highest BCUT2D eigenvalue weighted by Gasteiger charge is 2.23. The molecular formula is C19H26ClN5OS. The molecule has 0 aliphatic rings. The van der Waals surface area contributed by atoms with Gasteiger partial charge in [-0.05, 0) is 43.8 Å². The maximum absolute atomic E-state index is 13.2. The number of amides is 1. The molecule has 146 valence electrons. The number of hydrogen-bond donors (Lipinski definition) is 0. The van der Waals surface area contributed by atoms with Gasteiger partial charge < -0.3 is 4.90 Å². The minimum absolute atomic E-state index is 0. The number of hydrogen-bond acceptors (Lipinski definition) is 5. The molecule has 0 saturated heterocycles. The molecule has 2 aromatic heterocycles. The minimum atomic E-state index is -0.0621. The number of carbonyl (C=O) groups is 1. The maximum atomic E-state index is 13.2. The third-order valence-corrected chi connectivity index (χ3v) is 5.62. The van der Waals surface area contributed by atoms with Crippen LogP contribution < -0.4 is 4.90 Å². The third-order valence-electron chi connectivity index (χ3n) is 4.58. The molecule has 0 saturated carbocycles. The van der Waals surface area contributed by atoms with E-state index in [2.05, 4.69) is 42.9 Å². The number of nitrogens with zero attached hydrogens (tertiary/aromatic N) is 5. The highest BCUT2D eigenvalue weighted by molar-refractivity contribution is 7.22. The molecule has 0 aliphatic heterocycles. The highest BCUT2D eigenvalue weighted by atomic mass is 35.5. The summed E-state index contributed by atoms with van der Waals surface area (Å²) in [6.07, 6.45) is 1.65. The lowest BCUT2D eigenvalue weighted by atomic mass is 10.2. The SMILES string of the molecule is CCN(CC)CCN(C(=O)c1ccnn1C)c1nc2ccc(C)cc2s1.Cl. The summed E-state index contributed by atoms with van der Waals surface area (Å²) in [7, 11) is 1.79. The van der Waals surface area contributed by atoms with E-state index >= 15 is 0 Å². The summed E-state index contributed by atoms with van der Waals surface area (Å²) < 4.78 is 2.72. The molecule has 0 N–H and O–H groups in total. The summed E-state index contributed by atoms with van der Waals surface area (Å²) in [6.45, 7) is 9.68. The molecule has 0 atom stereocenters. The molecule has 2 heterocycles. The van der Waals surface area contributed by atoms with E-state index < -0.39 is 0 Å². The molecule has 0 unspecified atom stereocenters. The Hall–Kier alpha value is -1.96. The van der Waals surface area contributed by atoms with E-state index in [1.807, 2.05) is 6.07 Å². The van der Waals surface area contributed by atoms with Crippen molar-refractivity contribution in [3.05, 3.63) is 41.7 Å². The summed E-state index contributed by atoms with van der Waals surface area (Å²) in [6, 6.07) is 7.94. The smallest absolute Gasteiger partial charge is 0.278 e. The van der Waals surface area contributed by atoms with E-state index in [0.29, 0.717) is 12.2 Å². The monoisotopic (exact) mass is 407 g/mol. The van der Waals surface area contributed by atoms with Crippen molar-refractivity contribution in [3.63, 3.8) is 0 Å². The quantitative estimate of drug-likeness (QED) is 0.598. The van der Waals surface area contributed by atoms with Gasteiger partial charge in [0.15, 0.2) is 5.13 Å². The Bertz CT molecular complexity index is 903. The molecule has 1 aromatic carbocycles. The topological polar surface area (TPSA) is 54.3 Å². The van der Waals surface area contributed by atoms with Gasteiger partial charge >= 0.3 is 0 Å². The normalized spacial score (nSPS) is 11.0. The van der Waals surface area contributed by atoms with Crippen LogP contribution in [0.25, 0.3) is 10.2 Å².